The molecule has 1 aliphatic carbocycles. The van der Waals surface area contributed by atoms with Crippen molar-refractivity contribution in [2.45, 2.75) is 30.7 Å². The van der Waals surface area contributed by atoms with E-state index in [0.29, 0.717) is 22.0 Å². The van der Waals surface area contributed by atoms with Crippen LogP contribution < -0.4 is 15.2 Å². The number of hydrogen-bond donors (Lipinski definition) is 3. The van der Waals surface area contributed by atoms with Crippen LogP contribution in [0.4, 0.5) is 5.69 Å². The van der Waals surface area contributed by atoms with Gasteiger partial charge in [-0.2, -0.15) is 0 Å². The molecule has 1 aliphatic rings. The Morgan fingerprint density at radius 2 is 2.00 bits per heavy atom. The first-order chi connectivity index (χ1) is 11.3. The maximum absolute atomic E-state index is 12.3. The van der Waals surface area contributed by atoms with Crippen molar-refractivity contribution < 1.29 is 18.3 Å². The zero-order chi connectivity index (χ0) is 17.5. The number of phenolic OH excluding ortho intramolecular Hbond substituents is 1. The summed E-state index contributed by atoms with van der Waals surface area (Å²) in [5, 5.41) is 10.2. The summed E-state index contributed by atoms with van der Waals surface area (Å²) < 4.78 is 32.9. The standard InChI is InChI=1S/C16H17ClN2O4S/c1-9-6-10(18)7-13(17)16(9)23-12-4-5-14(20)15(8-12)24(21,22)19-11-2-3-11/h4-8,11,19-20H,2-3,18H2,1H3. The van der Waals surface area contributed by atoms with Gasteiger partial charge in [0.15, 0.2) is 0 Å². The fourth-order valence-electron chi connectivity index (χ4n) is 2.26. The molecule has 8 heteroatoms. The van der Waals surface area contributed by atoms with Crippen LogP contribution in [-0.2, 0) is 10.0 Å². The molecule has 0 atom stereocenters. The minimum atomic E-state index is -3.80. The number of ether oxygens (including phenoxy) is 1. The maximum atomic E-state index is 12.3. The lowest BCUT2D eigenvalue weighted by Gasteiger charge is -2.13. The van der Waals surface area contributed by atoms with Crippen molar-refractivity contribution in [3.8, 4) is 17.2 Å². The number of hydrogen-bond acceptors (Lipinski definition) is 5. The van der Waals surface area contributed by atoms with E-state index in [1.165, 1.54) is 18.2 Å². The average Bonchev–Trinajstić information content (AvgIpc) is 3.27. The van der Waals surface area contributed by atoms with Crippen molar-refractivity contribution in [1.29, 1.82) is 0 Å². The number of benzene rings is 2. The van der Waals surface area contributed by atoms with Gasteiger partial charge in [0.1, 0.15) is 22.1 Å². The zero-order valence-electron chi connectivity index (χ0n) is 12.9. The third-order valence-corrected chi connectivity index (χ3v) is 5.42. The highest BCUT2D eigenvalue weighted by molar-refractivity contribution is 7.89. The Hall–Kier alpha value is -1.96. The van der Waals surface area contributed by atoms with Crippen LogP contribution in [0.15, 0.2) is 35.2 Å². The van der Waals surface area contributed by atoms with E-state index >= 15 is 0 Å². The number of halogens is 1. The van der Waals surface area contributed by atoms with Gasteiger partial charge in [-0.1, -0.05) is 11.6 Å². The summed E-state index contributed by atoms with van der Waals surface area (Å²) in [6, 6.07) is 7.21. The van der Waals surface area contributed by atoms with Gasteiger partial charge in [-0.3, -0.25) is 0 Å². The van der Waals surface area contributed by atoms with Gasteiger partial charge >= 0.3 is 0 Å². The van der Waals surface area contributed by atoms with E-state index in [2.05, 4.69) is 4.72 Å². The van der Waals surface area contributed by atoms with E-state index in [1.807, 2.05) is 0 Å². The number of rotatable bonds is 5. The zero-order valence-corrected chi connectivity index (χ0v) is 14.5. The van der Waals surface area contributed by atoms with E-state index in [0.717, 1.165) is 12.8 Å². The summed E-state index contributed by atoms with van der Waals surface area (Å²) in [6.45, 7) is 1.78. The lowest BCUT2D eigenvalue weighted by molar-refractivity contribution is 0.447. The summed E-state index contributed by atoms with van der Waals surface area (Å²) in [4.78, 5) is -0.226. The molecule has 2 aromatic rings. The molecule has 1 saturated carbocycles. The Balaban J connectivity index is 1.94. The number of aryl methyl sites for hydroxylation is 1. The van der Waals surface area contributed by atoms with Gasteiger partial charge in [-0.05, 0) is 49.6 Å². The second-order valence-corrected chi connectivity index (χ2v) is 7.87. The highest BCUT2D eigenvalue weighted by Gasteiger charge is 2.30. The Labute approximate surface area is 145 Å². The second-order valence-electron chi connectivity index (χ2n) is 5.78. The van der Waals surface area contributed by atoms with Crippen LogP contribution in [0.2, 0.25) is 5.02 Å². The van der Waals surface area contributed by atoms with Crippen LogP contribution in [0.5, 0.6) is 17.2 Å². The molecule has 0 unspecified atom stereocenters. The molecule has 0 spiro atoms. The molecule has 3 rings (SSSR count). The molecular weight excluding hydrogens is 352 g/mol. The first-order valence-electron chi connectivity index (χ1n) is 7.35. The number of nitrogens with two attached hydrogens (primary N) is 1. The number of aromatic hydroxyl groups is 1. The van der Waals surface area contributed by atoms with Crippen molar-refractivity contribution in [3.63, 3.8) is 0 Å². The van der Waals surface area contributed by atoms with Crippen molar-refractivity contribution in [3.05, 3.63) is 40.9 Å². The first kappa shape index (κ1) is 16.9. The van der Waals surface area contributed by atoms with Crippen LogP contribution in [0.3, 0.4) is 0 Å². The van der Waals surface area contributed by atoms with Crippen LogP contribution in [0.25, 0.3) is 0 Å². The highest BCUT2D eigenvalue weighted by Crippen LogP contribution is 2.37. The smallest absolute Gasteiger partial charge is 0.244 e. The van der Waals surface area contributed by atoms with Crippen LogP contribution >= 0.6 is 11.6 Å². The number of nitrogen functional groups attached to an aromatic ring is 1. The molecule has 2 aromatic carbocycles. The predicted octanol–water partition coefficient (Wildman–Crippen LogP) is 3.17. The lowest BCUT2D eigenvalue weighted by atomic mass is 10.2. The van der Waals surface area contributed by atoms with E-state index in [9.17, 15) is 13.5 Å². The number of anilines is 1. The van der Waals surface area contributed by atoms with Crippen LogP contribution in [0, 0.1) is 6.92 Å². The molecule has 6 nitrogen and oxygen atoms in total. The molecule has 1 fully saturated rings. The van der Waals surface area contributed by atoms with E-state index in [1.54, 1.807) is 19.1 Å². The molecular formula is C16H17ClN2O4S. The maximum Gasteiger partial charge on any atom is 0.244 e. The molecule has 0 radical (unpaired) electrons. The minimum absolute atomic E-state index is 0.0623. The van der Waals surface area contributed by atoms with Crippen LogP contribution in [-0.4, -0.2) is 19.6 Å². The Morgan fingerprint density at radius 3 is 2.62 bits per heavy atom. The second kappa shape index (κ2) is 6.16. The molecule has 4 N–H and O–H groups in total. The third-order valence-electron chi connectivity index (χ3n) is 3.59. The Morgan fingerprint density at radius 1 is 1.29 bits per heavy atom. The molecule has 0 aliphatic heterocycles. The normalized spacial score (nSPS) is 14.6. The van der Waals surface area contributed by atoms with Crippen molar-refractivity contribution in [2.24, 2.45) is 0 Å². The number of phenols is 1. The van der Waals surface area contributed by atoms with Crippen molar-refractivity contribution in [2.75, 3.05) is 5.73 Å². The third kappa shape index (κ3) is 3.58. The Bertz CT molecular complexity index is 872. The summed E-state index contributed by atoms with van der Waals surface area (Å²) in [5.41, 5.74) is 6.94. The molecule has 0 aromatic heterocycles. The molecule has 0 heterocycles. The molecule has 0 saturated heterocycles. The van der Waals surface area contributed by atoms with Gasteiger partial charge in [0.25, 0.3) is 0 Å². The first-order valence-corrected chi connectivity index (χ1v) is 9.21. The molecule has 128 valence electrons. The predicted molar refractivity (Wildman–Crippen MR) is 92.1 cm³/mol. The molecule has 0 amide bonds. The fourth-order valence-corrected chi connectivity index (χ4v) is 3.99. The van der Waals surface area contributed by atoms with E-state index in [-0.39, 0.29) is 22.4 Å². The topological polar surface area (TPSA) is 102 Å². The van der Waals surface area contributed by atoms with Gasteiger partial charge in [0, 0.05) is 17.8 Å². The van der Waals surface area contributed by atoms with Crippen molar-refractivity contribution >= 4 is 27.3 Å². The van der Waals surface area contributed by atoms with Crippen molar-refractivity contribution in [1.82, 2.24) is 4.72 Å². The van der Waals surface area contributed by atoms with Gasteiger partial charge in [-0.25, -0.2) is 13.1 Å². The molecule has 0 bridgehead atoms. The highest BCUT2D eigenvalue weighted by atomic mass is 35.5. The minimum Gasteiger partial charge on any atom is -0.507 e. The SMILES string of the molecule is Cc1cc(N)cc(Cl)c1Oc1ccc(O)c(S(=O)(=O)NC2CC2)c1. The van der Waals surface area contributed by atoms with E-state index in [4.69, 9.17) is 22.1 Å². The summed E-state index contributed by atoms with van der Waals surface area (Å²) >= 11 is 6.14. The Kier molecular flexibility index (Phi) is 4.33. The monoisotopic (exact) mass is 368 g/mol. The number of nitrogens with one attached hydrogen (secondary N) is 1. The van der Waals surface area contributed by atoms with Gasteiger partial charge < -0.3 is 15.6 Å². The quantitative estimate of drug-likeness (QED) is 0.703. The van der Waals surface area contributed by atoms with E-state index < -0.39 is 10.0 Å². The molecule has 24 heavy (non-hydrogen) atoms. The summed E-state index contributed by atoms with van der Waals surface area (Å²) in [7, 11) is -3.80. The number of sulfonamides is 1. The average molecular weight is 369 g/mol. The largest absolute Gasteiger partial charge is 0.507 e. The van der Waals surface area contributed by atoms with Gasteiger partial charge in [0.2, 0.25) is 10.0 Å². The van der Waals surface area contributed by atoms with Gasteiger partial charge in [0.05, 0.1) is 5.02 Å². The summed E-state index contributed by atoms with van der Waals surface area (Å²) in [5.74, 6) is 0.296. The summed E-state index contributed by atoms with van der Waals surface area (Å²) in [6.07, 6.45) is 1.60. The fraction of sp³-hybridized carbons (Fsp3) is 0.250. The van der Waals surface area contributed by atoms with Crippen LogP contribution in [0.1, 0.15) is 18.4 Å². The lowest BCUT2D eigenvalue weighted by Crippen LogP contribution is -2.25. The van der Waals surface area contributed by atoms with Gasteiger partial charge in [-0.15, -0.1) is 0 Å².